The van der Waals surface area contributed by atoms with Crippen molar-refractivity contribution in [2.75, 3.05) is 6.61 Å². The summed E-state index contributed by atoms with van der Waals surface area (Å²) in [7, 11) is 0. The van der Waals surface area contributed by atoms with Crippen LogP contribution in [0.4, 0.5) is 4.39 Å². The predicted octanol–water partition coefficient (Wildman–Crippen LogP) is 2.37. The molecule has 2 rings (SSSR count). The van der Waals surface area contributed by atoms with Crippen molar-refractivity contribution in [3.05, 3.63) is 28.0 Å². The van der Waals surface area contributed by atoms with Gasteiger partial charge in [0.2, 0.25) is 0 Å². The van der Waals surface area contributed by atoms with Crippen molar-refractivity contribution in [2.24, 2.45) is 5.73 Å². The zero-order chi connectivity index (χ0) is 9.42. The summed E-state index contributed by atoms with van der Waals surface area (Å²) in [5.41, 5.74) is 6.73. The molecule has 1 aliphatic heterocycles. The standard InChI is InChI=1S/C9H9BrFNO/c10-6-3-5(11)4-8-9(6)7(12)1-2-13-8/h3-4,7H,1-2,12H2. The van der Waals surface area contributed by atoms with E-state index in [4.69, 9.17) is 10.5 Å². The predicted molar refractivity (Wildman–Crippen MR) is 51.1 cm³/mol. The first kappa shape index (κ1) is 8.97. The Morgan fingerprint density at radius 3 is 3.08 bits per heavy atom. The van der Waals surface area contributed by atoms with Gasteiger partial charge in [0, 0.05) is 28.6 Å². The summed E-state index contributed by atoms with van der Waals surface area (Å²) in [4.78, 5) is 0. The molecular weight excluding hydrogens is 237 g/mol. The fourth-order valence-electron chi connectivity index (χ4n) is 1.48. The SMILES string of the molecule is NC1CCOc2cc(F)cc(Br)c21. The van der Waals surface area contributed by atoms with Crippen molar-refractivity contribution < 1.29 is 9.13 Å². The molecule has 1 aromatic rings. The highest BCUT2D eigenvalue weighted by atomic mass is 79.9. The van der Waals surface area contributed by atoms with Gasteiger partial charge in [0.15, 0.2) is 0 Å². The van der Waals surface area contributed by atoms with Crippen molar-refractivity contribution in [2.45, 2.75) is 12.5 Å². The molecule has 1 aromatic carbocycles. The van der Waals surface area contributed by atoms with Gasteiger partial charge < -0.3 is 10.5 Å². The Morgan fingerprint density at radius 2 is 2.31 bits per heavy atom. The number of hydrogen-bond acceptors (Lipinski definition) is 2. The molecule has 0 radical (unpaired) electrons. The summed E-state index contributed by atoms with van der Waals surface area (Å²) < 4.78 is 18.9. The van der Waals surface area contributed by atoms with E-state index in [1.165, 1.54) is 12.1 Å². The zero-order valence-electron chi connectivity index (χ0n) is 6.89. The lowest BCUT2D eigenvalue weighted by Gasteiger charge is -2.23. The third kappa shape index (κ3) is 1.56. The van der Waals surface area contributed by atoms with E-state index in [1.807, 2.05) is 0 Å². The Bertz CT molecular complexity index is 343. The first-order chi connectivity index (χ1) is 6.18. The van der Waals surface area contributed by atoms with Gasteiger partial charge in [-0.25, -0.2) is 4.39 Å². The molecule has 2 N–H and O–H groups in total. The molecule has 4 heteroatoms. The van der Waals surface area contributed by atoms with Crippen LogP contribution in [0.25, 0.3) is 0 Å². The number of halogens is 2. The lowest BCUT2D eigenvalue weighted by Crippen LogP contribution is -2.21. The second-order valence-corrected chi connectivity index (χ2v) is 3.90. The minimum atomic E-state index is -0.306. The molecule has 0 aromatic heterocycles. The average Bonchev–Trinajstić information content (AvgIpc) is 2.02. The monoisotopic (exact) mass is 245 g/mol. The van der Waals surface area contributed by atoms with Crippen LogP contribution >= 0.6 is 15.9 Å². The van der Waals surface area contributed by atoms with Crippen LogP contribution in [0.3, 0.4) is 0 Å². The number of nitrogens with two attached hydrogens (primary N) is 1. The summed E-state index contributed by atoms with van der Waals surface area (Å²) in [6.45, 7) is 0.560. The van der Waals surface area contributed by atoms with Gasteiger partial charge in [0.1, 0.15) is 11.6 Å². The smallest absolute Gasteiger partial charge is 0.128 e. The summed E-state index contributed by atoms with van der Waals surface area (Å²) >= 11 is 3.27. The van der Waals surface area contributed by atoms with Crippen molar-refractivity contribution >= 4 is 15.9 Å². The van der Waals surface area contributed by atoms with Crippen molar-refractivity contribution in [3.8, 4) is 5.75 Å². The maximum atomic E-state index is 12.9. The Hall–Kier alpha value is -0.610. The highest BCUT2D eigenvalue weighted by Crippen LogP contribution is 2.36. The van der Waals surface area contributed by atoms with Crippen molar-refractivity contribution in [1.29, 1.82) is 0 Å². The van der Waals surface area contributed by atoms with E-state index >= 15 is 0 Å². The van der Waals surface area contributed by atoms with Crippen LogP contribution in [-0.2, 0) is 0 Å². The van der Waals surface area contributed by atoms with E-state index in [1.54, 1.807) is 0 Å². The van der Waals surface area contributed by atoms with Gasteiger partial charge in [-0.05, 0) is 6.07 Å². The molecule has 1 unspecified atom stereocenters. The van der Waals surface area contributed by atoms with E-state index in [2.05, 4.69) is 15.9 Å². The third-order valence-corrected chi connectivity index (χ3v) is 2.77. The Morgan fingerprint density at radius 1 is 1.54 bits per heavy atom. The van der Waals surface area contributed by atoms with E-state index in [9.17, 15) is 4.39 Å². The molecule has 0 aliphatic carbocycles. The lowest BCUT2D eigenvalue weighted by atomic mass is 10.0. The fourth-order valence-corrected chi connectivity index (χ4v) is 2.19. The molecule has 0 fully saturated rings. The van der Waals surface area contributed by atoms with E-state index in [0.29, 0.717) is 16.8 Å². The quantitative estimate of drug-likeness (QED) is 0.762. The lowest BCUT2D eigenvalue weighted by molar-refractivity contribution is 0.267. The molecule has 0 saturated carbocycles. The van der Waals surface area contributed by atoms with Crippen LogP contribution in [0.1, 0.15) is 18.0 Å². The summed E-state index contributed by atoms with van der Waals surface area (Å²) in [5, 5.41) is 0. The first-order valence-corrected chi connectivity index (χ1v) is 4.85. The van der Waals surface area contributed by atoms with Crippen LogP contribution in [0.5, 0.6) is 5.75 Å². The molecule has 1 aliphatic rings. The fraction of sp³-hybridized carbons (Fsp3) is 0.333. The second kappa shape index (κ2) is 3.27. The minimum absolute atomic E-state index is 0.0567. The number of rotatable bonds is 0. The number of hydrogen-bond donors (Lipinski definition) is 1. The van der Waals surface area contributed by atoms with Crippen LogP contribution < -0.4 is 10.5 Å². The first-order valence-electron chi connectivity index (χ1n) is 4.06. The largest absolute Gasteiger partial charge is 0.493 e. The average molecular weight is 246 g/mol. The second-order valence-electron chi connectivity index (χ2n) is 3.04. The zero-order valence-corrected chi connectivity index (χ0v) is 8.47. The third-order valence-electron chi connectivity index (χ3n) is 2.11. The molecule has 13 heavy (non-hydrogen) atoms. The maximum absolute atomic E-state index is 12.9. The molecule has 2 nitrogen and oxygen atoms in total. The Labute approximate surface area is 84.0 Å². The maximum Gasteiger partial charge on any atom is 0.128 e. The highest BCUT2D eigenvalue weighted by molar-refractivity contribution is 9.10. The van der Waals surface area contributed by atoms with Gasteiger partial charge in [-0.1, -0.05) is 15.9 Å². The van der Waals surface area contributed by atoms with Gasteiger partial charge in [-0.3, -0.25) is 0 Å². The van der Waals surface area contributed by atoms with E-state index < -0.39 is 0 Å². The van der Waals surface area contributed by atoms with Crippen LogP contribution in [0.15, 0.2) is 16.6 Å². The number of ether oxygens (including phenoxy) is 1. The summed E-state index contributed by atoms with van der Waals surface area (Å²) in [6, 6.07) is 2.73. The van der Waals surface area contributed by atoms with Gasteiger partial charge in [0.05, 0.1) is 6.61 Å². The van der Waals surface area contributed by atoms with Crippen molar-refractivity contribution in [3.63, 3.8) is 0 Å². The highest BCUT2D eigenvalue weighted by Gasteiger charge is 2.21. The molecule has 0 amide bonds. The molecule has 0 spiro atoms. The van der Waals surface area contributed by atoms with Crippen LogP contribution in [0, 0.1) is 5.82 Å². The van der Waals surface area contributed by atoms with Gasteiger partial charge in [0.25, 0.3) is 0 Å². The minimum Gasteiger partial charge on any atom is -0.493 e. The van der Waals surface area contributed by atoms with Crippen LogP contribution in [-0.4, -0.2) is 6.61 Å². The molecule has 1 atom stereocenters. The van der Waals surface area contributed by atoms with E-state index in [0.717, 1.165) is 12.0 Å². The topological polar surface area (TPSA) is 35.2 Å². The molecule has 1 heterocycles. The van der Waals surface area contributed by atoms with Crippen molar-refractivity contribution in [1.82, 2.24) is 0 Å². The molecule has 0 bridgehead atoms. The molecular formula is C9H9BrFNO. The van der Waals surface area contributed by atoms with Gasteiger partial charge in [-0.15, -0.1) is 0 Å². The van der Waals surface area contributed by atoms with Crippen LogP contribution in [0.2, 0.25) is 0 Å². The summed E-state index contributed by atoms with van der Waals surface area (Å²) in [6.07, 6.45) is 0.775. The normalized spacial score (nSPS) is 20.7. The van der Waals surface area contributed by atoms with Gasteiger partial charge in [-0.2, -0.15) is 0 Å². The van der Waals surface area contributed by atoms with Gasteiger partial charge >= 0.3 is 0 Å². The Kier molecular flexibility index (Phi) is 2.26. The van der Waals surface area contributed by atoms with E-state index in [-0.39, 0.29) is 11.9 Å². The molecule has 70 valence electrons. The number of benzene rings is 1. The Balaban J connectivity index is 2.56. The summed E-state index contributed by atoms with van der Waals surface area (Å²) in [5.74, 6) is 0.255. The molecule has 0 saturated heterocycles. The number of fused-ring (bicyclic) bond motifs is 1.